The summed E-state index contributed by atoms with van der Waals surface area (Å²) in [5.41, 5.74) is -0.467. The van der Waals surface area contributed by atoms with Crippen molar-refractivity contribution in [3.8, 4) is 0 Å². The maximum Gasteiger partial charge on any atom is 0.0706 e. The molecule has 0 aromatic heterocycles. The standard InChI is InChI=1S/C10H16O2/c11-8-2-1-7-6-3-4-10(12,5-6)9(7)8/h6-9,11-12H,1-5H2/t6-,7+,8-,9-,10-/m0/s1. The zero-order valence-corrected chi connectivity index (χ0v) is 7.24. The molecule has 3 aliphatic rings. The Labute approximate surface area is 72.6 Å². The van der Waals surface area contributed by atoms with E-state index in [2.05, 4.69) is 0 Å². The van der Waals surface area contributed by atoms with E-state index in [1.54, 1.807) is 0 Å². The van der Waals surface area contributed by atoms with Gasteiger partial charge in [-0.3, -0.25) is 0 Å². The number of rotatable bonds is 0. The van der Waals surface area contributed by atoms with E-state index in [1.165, 1.54) is 6.42 Å². The first-order chi connectivity index (χ1) is 5.71. The van der Waals surface area contributed by atoms with Gasteiger partial charge in [-0.1, -0.05) is 0 Å². The quantitative estimate of drug-likeness (QED) is 0.564. The molecular weight excluding hydrogens is 152 g/mol. The molecule has 0 amide bonds. The fraction of sp³-hybridized carbons (Fsp3) is 1.00. The molecule has 0 saturated heterocycles. The van der Waals surface area contributed by atoms with Crippen LogP contribution in [0.3, 0.4) is 0 Å². The van der Waals surface area contributed by atoms with Crippen LogP contribution in [0.4, 0.5) is 0 Å². The predicted octanol–water partition coefficient (Wildman–Crippen LogP) is 0.918. The normalized spacial score (nSPS) is 62.5. The monoisotopic (exact) mass is 168 g/mol. The number of hydrogen-bond acceptors (Lipinski definition) is 2. The van der Waals surface area contributed by atoms with Gasteiger partial charge >= 0.3 is 0 Å². The Bertz CT molecular complexity index is 216. The van der Waals surface area contributed by atoms with Crippen molar-refractivity contribution in [3.05, 3.63) is 0 Å². The average molecular weight is 168 g/mol. The third kappa shape index (κ3) is 0.686. The Morgan fingerprint density at radius 1 is 1.17 bits per heavy atom. The van der Waals surface area contributed by atoms with Gasteiger partial charge in [0.2, 0.25) is 0 Å². The summed E-state index contributed by atoms with van der Waals surface area (Å²) in [7, 11) is 0. The number of aliphatic hydroxyl groups excluding tert-OH is 1. The molecule has 0 unspecified atom stereocenters. The van der Waals surface area contributed by atoms with Crippen molar-refractivity contribution in [1.82, 2.24) is 0 Å². The summed E-state index contributed by atoms with van der Waals surface area (Å²) >= 11 is 0. The Kier molecular flexibility index (Phi) is 1.25. The fourth-order valence-corrected chi connectivity index (χ4v) is 4.05. The lowest BCUT2D eigenvalue weighted by Gasteiger charge is -2.33. The minimum absolute atomic E-state index is 0.203. The molecule has 3 saturated carbocycles. The Morgan fingerprint density at radius 2 is 2.00 bits per heavy atom. The second-order valence-electron chi connectivity index (χ2n) is 4.94. The molecule has 2 bridgehead atoms. The predicted molar refractivity (Wildman–Crippen MR) is 44.5 cm³/mol. The Morgan fingerprint density at radius 3 is 2.75 bits per heavy atom. The first kappa shape index (κ1) is 7.34. The molecule has 0 heterocycles. The first-order valence-corrected chi connectivity index (χ1v) is 5.11. The first-order valence-electron chi connectivity index (χ1n) is 5.11. The third-order valence-corrected chi connectivity index (χ3v) is 4.46. The van der Waals surface area contributed by atoms with Gasteiger partial charge in [-0.2, -0.15) is 0 Å². The molecular formula is C10H16O2. The smallest absolute Gasteiger partial charge is 0.0706 e. The van der Waals surface area contributed by atoms with Gasteiger partial charge in [0.25, 0.3) is 0 Å². The lowest BCUT2D eigenvalue weighted by Crippen LogP contribution is -2.39. The second-order valence-corrected chi connectivity index (χ2v) is 4.94. The van der Waals surface area contributed by atoms with E-state index in [0.717, 1.165) is 31.6 Å². The van der Waals surface area contributed by atoms with Crippen LogP contribution in [-0.4, -0.2) is 21.9 Å². The summed E-state index contributed by atoms with van der Waals surface area (Å²) in [5.74, 6) is 1.62. The summed E-state index contributed by atoms with van der Waals surface area (Å²) in [4.78, 5) is 0. The van der Waals surface area contributed by atoms with Gasteiger partial charge in [-0.15, -0.1) is 0 Å². The van der Waals surface area contributed by atoms with Crippen LogP contribution in [0.1, 0.15) is 32.1 Å². The van der Waals surface area contributed by atoms with E-state index in [0.29, 0.717) is 5.92 Å². The highest BCUT2D eigenvalue weighted by Crippen LogP contribution is 2.60. The molecule has 0 aromatic carbocycles. The van der Waals surface area contributed by atoms with E-state index < -0.39 is 5.60 Å². The van der Waals surface area contributed by atoms with Crippen molar-refractivity contribution < 1.29 is 10.2 Å². The second kappa shape index (κ2) is 2.05. The molecule has 3 rings (SSSR count). The molecule has 2 nitrogen and oxygen atoms in total. The molecule has 0 radical (unpaired) electrons. The largest absolute Gasteiger partial charge is 0.393 e. The zero-order valence-electron chi connectivity index (χ0n) is 7.24. The van der Waals surface area contributed by atoms with Crippen molar-refractivity contribution in [2.24, 2.45) is 17.8 Å². The number of aliphatic hydroxyl groups is 2. The minimum Gasteiger partial charge on any atom is -0.393 e. The summed E-state index contributed by atoms with van der Waals surface area (Å²) in [6, 6.07) is 0. The van der Waals surface area contributed by atoms with Gasteiger partial charge in [0.05, 0.1) is 11.7 Å². The highest BCUT2D eigenvalue weighted by atomic mass is 16.3. The molecule has 0 aromatic rings. The highest BCUT2D eigenvalue weighted by Gasteiger charge is 2.61. The van der Waals surface area contributed by atoms with Crippen molar-refractivity contribution in [1.29, 1.82) is 0 Å². The van der Waals surface area contributed by atoms with E-state index in [1.807, 2.05) is 0 Å². The lowest BCUT2D eigenvalue weighted by atomic mass is 9.78. The highest BCUT2D eigenvalue weighted by molar-refractivity contribution is 5.11. The van der Waals surface area contributed by atoms with Gasteiger partial charge in [0, 0.05) is 5.92 Å². The molecule has 3 fully saturated rings. The maximum atomic E-state index is 10.2. The molecule has 0 aliphatic heterocycles. The fourth-order valence-electron chi connectivity index (χ4n) is 4.05. The van der Waals surface area contributed by atoms with Crippen LogP contribution in [0.5, 0.6) is 0 Å². The molecule has 2 N–H and O–H groups in total. The topological polar surface area (TPSA) is 40.5 Å². The summed E-state index contributed by atoms with van der Waals surface area (Å²) in [6.45, 7) is 0. The van der Waals surface area contributed by atoms with E-state index in [-0.39, 0.29) is 12.0 Å². The SMILES string of the molecule is O[C@H]1CC[C@@H]2[C@H]3CC[C@](O)(C3)[C@@H]21. The van der Waals surface area contributed by atoms with Crippen LogP contribution in [0, 0.1) is 17.8 Å². The van der Waals surface area contributed by atoms with Crippen LogP contribution in [-0.2, 0) is 0 Å². The average Bonchev–Trinajstić information content (AvgIpc) is 2.61. The van der Waals surface area contributed by atoms with Crippen molar-refractivity contribution in [2.45, 2.75) is 43.8 Å². The van der Waals surface area contributed by atoms with E-state index in [9.17, 15) is 10.2 Å². The van der Waals surface area contributed by atoms with Crippen LogP contribution in [0.25, 0.3) is 0 Å². The maximum absolute atomic E-state index is 10.2. The van der Waals surface area contributed by atoms with Crippen LogP contribution in [0.15, 0.2) is 0 Å². The Balaban J connectivity index is 1.98. The molecule has 2 heteroatoms. The minimum atomic E-state index is -0.467. The van der Waals surface area contributed by atoms with E-state index >= 15 is 0 Å². The number of fused-ring (bicyclic) bond motifs is 5. The van der Waals surface area contributed by atoms with Gasteiger partial charge in [-0.05, 0) is 43.9 Å². The van der Waals surface area contributed by atoms with Crippen LogP contribution < -0.4 is 0 Å². The third-order valence-electron chi connectivity index (χ3n) is 4.46. The lowest BCUT2D eigenvalue weighted by molar-refractivity contribution is -0.0527. The van der Waals surface area contributed by atoms with Crippen molar-refractivity contribution >= 4 is 0 Å². The van der Waals surface area contributed by atoms with Crippen LogP contribution >= 0.6 is 0 Å². The molecule has 3 aliphatic carbocycles. The molecule has 68 valence electrons. The Hall–Kier alpha value is -0.0800. The van der Waals surface area contributed by atoms with Gasteiger partial charge in [0.1, 0.15) is 0 Å². The summed E-state index contributed by atoms with van der Waals surface area (Å²) in [6.07, 6.45) is 4.98. The van der Waals surface area contributed by atoms with E-state index in [4.69, 9.17) is 0 Å². The molecule has 12 heavy (non-hydrogen) atoms. The van der Waals surface area contributed by atoms with Gasteiger partial charge in [-0.25, -0.2) is 0 Å². The van der Waals surface area contributed by atoms with Gasteiger partial charge in [0.15, 0.2) is 0 Å². The zero-order chi connectivity index (χ0) is 8.34. The molecule has 5 atom stereocenters. The van der Waals surface area contributed by atoms with Crippen LogP contribution in [0.2, 0.25) is 0 Å². The van der Waals surface area contributed by atoms with Gasteiger partial charge < -0.3 is 10.2 Å². The van der Waals surface area contributed by atoms with Crippen molar-refractivity contribution in [2.75, 3.05) is 0 Å². The molecule has 0 spiro atoms. The van der Waals surface area contributed by atoms with Crippen molar-refractivity contribution in [3.63, 3.8) is 0 Å². The summed E-state index contributed by atoms with van der Waals surface area (Å²) in [5, 5.41) is 19.9. The summed E-state index contributed by atoms with van der Waals surface area (Å²) < 4.78 is 0. The number of hydrogen-bond donors (Lipinski definition) is 2.